The Morgan fingerprint density at radius 1 is 0.571 bits per heavy atom. The van der Waals surface area contributed by atoms with Crippen LogP contribution in [-0.4, -0.2) is 23.5 Å². The zero-order valence-electron chi connectivity index (χ0n) is 26.9. The SMILES string of the molecule is O=C(OCc1ccccc1)c1ccccc1C(=O)Oc1ccc2[nH]cc(CC[N+](c3ccccc3)(c3ccccc3)c3ccccc3)c2c1. The number of aromatic nitrogens is 1. The lowest BCUT2D eigenvalue weighted by Gasteiger charge is -2.37. The molecule has 6 nitrogen and oxygen atoms in total. The molecule has 0 aliphatic rings. The molecule has 0 fully saturated rings. The molecule has 0 saturated heterocycles. The van der Waals surface area contributed by atoms with Crippen LogP contribution >= 0.6 is 0 Å². The number of rotatable bonds is 11. The van der Waals surface area contributed by atoms with Crippen LogP contribution in [0.4, 0.5) is 17.1 Å². The third-order valence-electron chi connectivity index (χ3n) is 8.84. The number of para-hydroxylation sites is 3. The summed E-state index contributed by atoms with van der Waals surface area (Å²) in [5.41, 5.74) is 6.69. The van der Waals surface area contributed by atoms with Crippen LogP contribution < -0.4 is 9.22 Å². The summed E-state index contributed by atoms with van der Waals surface area (Å²) in [6.45, 7) is 0.849. The number of ether oxygens (including phenoxy) is 2. The Kier molecular flexibility index (Phi) is 9.13. The molecule has 0 amide bonds. The second kappa shape index (κ2) is 14.3. The first-order chi connectivity index (χ1) is 24.1. The van der Waals surface area contributed by atoms with Crippen molar-refractivity contribution in [2.75, 3.05) is 6.54 Å². The quantitative estimate of drug-likeness (QED) is 0.0866. The number of quaternary nitrogens is 1. The number of hydrogen-bond donors (Lipinski definition) is 1. The molecule has 0 bridgehead atoms. The van der Waals surface area contributed by atoms with Gasteiger partial charge < -0.3 is 14.5 Å². The van der Waals surface area contributed by atoms with Crippen LogP contribution in [0.5, 0.6) is 5.75 Å². The average molecular weight is 644 g/mol. The Bertz CT molecular complexity index is 2080. The van der Waals surface area contributed by atoms with Crippen LogP contribution in [0.15, 0.2) is 170 Å². The molecule has 7 aromatic rings. The number of esters is 2. The molecular formula is C43H35N2O4+. The summed E-state index contributed by atoms with van der Waals surface area (Å²) in [7, 11) is 0. The second-order valence-electron chi connectivity index (χ2n) is 11.8. The predicted molar refractivity (Wildman–Crippen MR) is 194 cm³/mol. The molecule has 1 aromatic heterocycles. The molecule has 1 heterocycles. The van der Waals surface area contributed by atoms with Crippen molar-refractivity contribution in [1.82, 2.24) is 9.47 Å². The Hall–Kier alpha value is -6.24. The number of fused-ring (bicyclic) bond motifs is 1. The highest BCUT2D eigenvalue weighted by atomic mass is 16.5. The van der Waals surface area contributed by atoms with Crippen molar-refractivity contribution in [3.05, 3.63) is 192 Å². The number of nitrogens with one attached hydrogen (secondary N) is 1. The van der Waals surface area contributed by atoms with Crippen LogP contribution in [0.3, 0.4) is 0 Å². The van der Waals surface area contributed by atoms with E-state index in [0.29, 0.717) is 10.2 Å². The zero-order chi connectivity index (χ0) is 33.5. The Morgan fingerprint density at radius 2 is 1.08 bits per heavy atom. The van der Waals surface area contributed by atoms with Gasteiger partial charge in [0.15, 0.2) is 0 Å². The Labute approximate surface area is 285 Å². The lowest BCUT2D eigenvalue weighted by molar-refractivity contribution is 0.0465. The number of benzene rings is 6. The molecule has 0 atom stereocenters. The molecule has 6 heteroatoms. The van der Waals surface area contributed by atoms with E-state index in [2.05, 4.69) is 77.8 Å². The maximum Gasteiger partial charge on any atom is 0.344 e. The number of hydrogen-bond acceptors (Lipinski definition) is 4. The molecule has 0 spiro atoms. The molecule has 49 heavy (non-hydrogen) atoms. The lowest BCUT2D eigenvalue weighted by Crippen LogP contribution is -2.40. The van der Waals surface area contributed by atoms with E-state index in [1.54, 1.807) is 30.3 Å². The molecule has 240 valence electrons. The molecule has 0 aliphatic heterocycles. The van der Waals surface area contributed by atoms with Gasteiger partial charge in [0, 0.05) is 23.5 Å². The van der Waals surface area contributed by atoms with E-state index in [1.165, 1.54) is 0 Å². The first-order valence-corrected chi connectivity index (χ1v) is 16.3. The van der Waals surface area contributed by atoms with Crippen molar-refractivity contribution in [2.24, 2.45) is 0 Å². The van der Waals surface area contributed by atoms with Crippen molar-refractivity contribution < 1.29 is 19.1 Å². The highest BCUT2D eigenvalue weighted by Crippen LogP contribution is 2.44. The summed E-state index contributed by atoms with van der Waals surface area (Å²) >= 11 is 0. The molecular weight excluding hydrogens is 608 g/mol. The fraction of sp³-hybridized carbons (Fsp3) is 0.0698. The summed E-state index contributed by atoms with van der Waals surface area (Å²) in [5, 5.41) is 0.966. The highest BCUT2D eigenvalue weighted by Gasteiger charge is 2.36. The number of carbonyl (C=O) groups is 2. The van der Waals surface area contributed by atoms with Crippen LogP contribution in [0, 0.1) is 0 Å². The predicted octanol–water partition coefficient (Wildman–Crippen LogP) is 9.96. The summed E-state index contributed by atoms with van der Waals surface area (Å²) in [5.74, 6) is -0.825. The van der Waals surface area contributed by atoms with Gasteiger partial charge in [-0.15, -0.1) is 0 Å². The normalized spacial score (nSPS) is 11.3. The molecule has 1 N–H and O–H groups in total. The van der Waals surface area contributed by atoms with Gasteiger partial charge in [-0.3, -0.25) is 0 Å². The lowest BCUT2D eigenvalue weighted by atomic mass is 10.0. The summed E-state index contributed by atoms with van der Waals surface area (Å²) < 4.78 is 11.9. The van der Waals surface area contributed by atoms with Crippen molar-refractivity contribution in [3.63, 3.8) is 0 Å². The van der Waals surface area contributed by atoms with Gasteiger partial charge >= 0.3 is 11.9 Å². The maximum atomic E-state index is 13.5. The van der Waals surface area contributed by atoms with Gasteiger partial charge in [-0.2, -0.15) is 0 Å². The van der Waals surface area contributed by atoms with E-state index in [0.717, 1.165) is 52.1 Å². The third kappa shape index (κ3) is 6.63. The standard InChI is InChI=1S/C43H35N2O4/c46-42(48-31-32-15-5-1-6-16-32)38-23-13-14-24-39(38)43(47)49-37-25-26-41-40(29-37)33(30-44-41)27-28-45(34-17-7-2-8-18-34,35-19-9-3-10-20-35)36-21-11-4-12-22-36/h1-26,29-30,44H,27-28,31H2/q+1. The Morgan fingerprint density at radius 3 is 1.65 bits per heavy atom. The largest absolute Gasteiger partial charge is 0.457 e. The van der Waals surface area contributed by atoms with Gasteiger partial charge in [-0.05, 0) is 77.9 Å². The van der Waals surface area contributed by atoms with Gasteiger partial charge in [0.2, 0.25) is 0 Å². The fourth-order valence-corrected chi connectivity index (χ4v) is 6.40. The first-order valence-electron chi connectivity index (χ1n) is 16.3. The fourth-order valence-electron chi connectivity index (χ4n) is 6.40. The molecule has 6 aromatic carbocycles. The smallest absolute Gasteiger partial charge is 0.344 e. The minimum Gasteiger partial charge on any atom is -0.457 e. The van der Waals surface area contributed by atoms with Gasteiger partial charge in [0.1, 0.15) is 29.4 Å². The summed E-state index contributed by atoms with van der Waals surface area (Å²) in [4.78, 5) is 29.9. The zero-order valence-corrected chi connectivity index (χ0v) is 26.9. The molecule has 7 rings (SSSR count). The van der Waals surface area contributed by atoms with Gasteiger partial charge in [-0.1, -0.05) is 97.1 Å². The minimum absolute atomic E-state index is 0.106. The Balaban J connectivity index is 1.16. The van der Waals surface area contributed by atoms with Gasteiger partial charge in [0.05, 0.1) is 17.7 Å². The van der Waals surface area contributed by atoms with E-state index in [1.807, 2.05) is 66.9 Å². The van der Waals surface area contributed by atoms with Crippen molar-refractivity contribution in [3.8, 4) is 5.75 Å². The van der Waals surface area contributed by atoms with Crippen LogP contribution in [0.2, 0.25) is 0 Å². The second-order valence-corrected chi connectivity index (χ2v) is 11.8. The maximum absolute atomic E-state index is 13.5. The van der Waals surface area contributed by atoms with Crippen LogP contribution in [0.1, 0.15) is 31.8 Å². The van der Waals surface area contributed by atoms with E-state index >= 15 is 0 Å². The van der Waals surface area contributed by atoms with E-state index in [9.17, 15) is 9.59 Å². The average Bonchev–Trinajstić information content (AvgIpc) is 3.58. The third-order valence-corrected chi connectivity index (χ3v) is 8.84. The van der Waals surface area contributed by atoms with Crippen LogP contribution in [-0.2, 0) is 17.8 Å². The van der Waals surface area contributed by atoms with Gasteiger partial charge in [-0.25, -0.2) is 14.1 Å². The molecule has 0 radical (unpaired) electrons. The van der Waals surface area contributed by atoms with Crippen molar-refractivity contribution in [1.29, 1.82) is 0 Å². The molecule has 0 unspecified atom stereocenters. The summed E-state index contributed by atoms with van der Waals surface area (Å²) in [6.07, 6.45) is 2.76. The molecule has 0 aliphatic carbocycles. The monoisotopic (exact) mass is 643 g/mol. The number of nitrogens with zero attached hydrogens (tertiary/aromatic N) is 1. The molecule has 0 saturated carbocycles. The van der Waals surface area contributed by atoms with Gasteiger partial charge in [0.25, 0.3) is 0 Å². The topological polar surface area (TPSA) is 68.4 Å². The number of carbonyl (C=O) groups excluding carboxylic acids is 2. The van der Waals surface area contributed by atoms with Crippen LogP contribution in [0.25, 0.3) is 10.9 Å². The summed E-state index contributed by atoms with van der Waals surface area (Å²) in [6, 6.07) is 53.3. The van der Waals surface area contributed by atoms with Crippen molar-refractivity contribution >= 4 is 39.9 Å². The number of H-pyrrole nitrogens is 1. The number of aromatic amines is 1. The highest BCUT2D eigenvalue weighted by molar-refractivity contribution is 6.04. The van der Waals surface area contributed by atoms with Crippen molar-refractivity contribution in [2.45, 2.75) is 13.0 Å². The first kappa shape index (κ1) is 31.4. The van der Waals surface area contributed by atoms with E-state index in [-0.39, 0.29) is 17.7 Å². The van der Waals surface area contributed by atoms with E-state index < -0.39 is 11.9 Å². The minimum atomic E-state index is -0.628. The van der Waals surface area contributed by atoms with E-state index in [4.69, 9.17) is 9.47 Å².